The Bertz CT molecular complexity index is 258. The molecule has 0 spiro atoms. The maximum Gasteiger partial charge on any atom is 0.322 e. The third-order valence-corrected chi connectivity index (χ3v) is 2.07. The number of carbonyl (C=O) groups excluding carboxylic acids is 2. The largest absolute Gasteiger partial charge is 0.468 e. The first-order chi connectivity index (χ1) is 7.76. The van der Waals surface area contributed by atoms with E-state index in [2.05, 4.69) is 4.74 Å². The van der Waals surface area contributed by atoms with Gasteiger partial charge in [-0.3, -0.25) is 9.59 Å². The number of rotatable bonds is 6. The van der Waals surface area contributed by atoms with Crippen LogP contribution in [0.3, 0.4) is 0 Å². The van der Waals surface area contributed by atoms with Crippen LogP contribution in [0.25, 0.3) is 0 Å². The fourth-order valence-corrected chi connectivity index (χ4v) is 1.30. The number of hydrogen-bond donors (Lipinski definition) is 1. The average Bonchev–Trinajstić information content (AvgIpc) is 2.20. The zero-order valence-electron chi connectivity index (χ0n) is 11.1. The van der Waals surface area contributed by atoms with Gasteiger partial charge >= 0.3 is 11.9 Å². The van der Waals surface area contributed by atoms with Crippen LogP contribution in [0, 0.1) is 0 Å². The maximum atomic E-state index is 11.3. The minimum Gasteiger partial charge on any atom is -0.468 e. The number of methoxy groups -OCH3 is 1. The van der Waals surface area contributed by atoms with Gasteiger partial charge in [0.1, 0.15) is 11.6 Å². The molecule has 5 heteroatoms. The molecule has 0 fully saturated rings. The maximum absolute atomic E-state index is 11.3. The highest BCUT2D eigenvalue weighted by Gasteiger charge is 2.16. The quantitative estimate of drug-likeness (QED) is 0.565. The molecule has 0 radical (unpaired) electrons. The second-order valence-corrected chi connectivity index (χ2v) is 4.96. The second kappa shape index (κ2) is 7.27. The summed E-state index contributed by atoms with van der Waals surface area (Å²) in [6, 6.07) is -0.598. The van der Waals surface area contributed by atoms with Gasteiger partial charge < -0.3 is 15.2 Å². The zero-order valence-corrected chi connectivity index (χ0v) is 11.1. The Morgan fingerprint density at radius 2 is 1.82 bits per heavy atom. The van der Waals surface area contributed by atoms with Gasteiger partial charge in [0.2, 0.25) is 0 Å². The second-order valence-electron chi connectivity index (χ2n) is 4.96. The third kappa shape index (κ3) is 8.68. The molecule has 0 aliphatic rings. The van der Waals surface area contributed by atoms with Gasteiger partial charge in [0.05, 0.1) is 7.11 Å². The van der Waals surface area contributed by atoms with Crippen LogP contribution in [0.4, 0.5) is 0 Å². The van der Waals surface area contributed by atoms with Crippen molar-refractivity contribution in [2.75, 3.05) is 7.11 Å². The molecular formula is C12H23NO4. The highest BCUT2D eigenvalue weighted by molar-refractivity contribution is 5.75. The van der Waals surface area contributed by atoms with Crippen LogP contribution in [-0.4, -0.2) is 30.7 Å². The fourth-order valence-electron chi connectivity index (χ4n) is 1.30. The molecule has 5 nitrogen and oxygen atoms in total. The smallest absolute Gasteiger partial charge is 0.322 e. The summed E-state index contributed by atoms with van der Waals surface area (Å²) in [7, 11) is 1.31. The van der Waals surface area contributed by atoms with Crippen molar-refractivity contribution in [1.29, 1.82) is 0 Å². The van der Waals surface area contributed by atoms with Crippen molar-refractivity contribution < 1.29 is 19.1 Å². The molecular weight excluding hydrogens is 222 g/mol. The van der Waals surface area contributed by atoms with E-state index in [9.17, 15) is 9.59 Å². The molecule has 0 saturated carbocycles. The summed E-state index contributed by atoms with van der Waals surface area (Å²) < 4.78 is 9.65. The molecule has 0 aliphatic heterocycles. The minimum atomic E-state index is -0.598. The zero-order chi connectivity index (χ0) is 13.5. The molecule has 0 amide bonds. The lowest BCUT2D eigenvalue weighted by Gasteiger charge is -2.19. The van der Waals surface area contributed by atoms with E-state index < -0.39 is 17.6 Å². The van der Waals surface area contributed by atoms with Gasteiger partial charge in [-0.25, -0.2) is 0 Å². The molecule has 0 aromatic rings. The van der Waals surface area contributed by atoms with E-state index in [1.54, 1.807) is 0 Å². The van der Waals surface area contributed by atoms with Crippen molar-refractivity contribution in [2.45, 2.75) is 58.1 Å². The normalized spacial score (nSPS) is 13.0. The van der Waals surface area contributed by atoms with Crippen molar-refractivity contribution >= 4 is 11.9 Å². The molecule has 0 saturated heterocycles. The Morgan fingerprint density at radius 3 is 2.29 bits per heavy atom. The Morgan fingerprint density at radius 1 is 1.24 bits per heavy atom. The van der Waals surface area contributed by atoms with E-state index in [1.807, 2.05) is 20.8 Å². The lowest BCUT2D eigenvalue weighted by molar-refractivity contribution is -0.154. The molecule has 100 valence electrons. The molecule has 0 aromatic heterocycles. The van der Waals surface area contributed by atoms with Crippen molar-refractivity contribution in [3.63, 3.8) is 0 Å². The van der Waals surface area contributed by atoms with Crippen molar-refractivity contribution in [3.8, 4) is 0 Å². The van der Waals surface area contributed by atoms with Gasteiger partial charge in [-0.2, -0.15) is 0 Å². The van der Waals surface area contributed by atoms with Crippen LogP contribution < -0.4 is 5.73 Å². The number of carbonyl (C=O) groups is 2. The summed E-state index contributed by atoms with van der Waals surface area (Å²) in [5.74, 6) is -0.633. The Kier molecular flexibility index (Phi) is 6.80. The minimum absolute atomic E-state index is 0.218. The predicted octanol–water partition coefficient (Wildman–Crippen LogP) is 1.39. The van der Waals surface area contributed by atoms with Crippen LogP contribution in [0.15, 0.2) is 0 Å². The van der Waals surface area contributed by atoms with Gasteiger partial charge in [0, 0.05) is 6.42 Å². The predicted molar refractivity (Wildman–Crippen MR) is 64.3 cm³/mol. The molecule has 0 bridgehead atoms. The van der Waals surface area contributed by atoms with Gasteiger partial charge in [-0.1, -0.05) is 6.42 Å². The molecule has 0 heterocycles. The molecule has 0 aromatic carbocycles. The summed E-state index contributed by atoms with van der Waals surface area (Å²) in [4.78, 5) is 22.3. The number of hydrogen-bond acceptors (Lipinski definition) is 5. The van der Waals surface area contributed by atoms with Crippen LogP contribution in [0.2, 0.25) is 0 Å². The van der Waals surface area contributed by atoms with E-state index in [-0.39, 0.29) is 5.97 Å². The van der Waals surface area contributed by atoms with Crippen molar-refractivity contribution in [1.82, 2.24) is 0 Å². The third-order valence-electron chi connectivity index (χ3n) is 2.07. The standard InChI is InChI=1S/C12H23NO4/c1-12(2,3)17-10(14)8-6-5-7-9(13)11(15)16-4/h9H,5-8,13H2,1-4H3. The van der Waals surface area contributed by atoms with E-state index in [4.69, 9.17) is 10.5 Å². The van der Waals surface area contributed by atoms with Gasteiger partial charge in [-0.05, 0) is 33.6 Å². The summed E-state index contributed by atoms with van der Waals surface area (Å²) >= 11 is 0. The summed E-state index contributed by atoms with van der Waals surface area (Å²) in [5.41, 5.74) is 5.11. The first-order valence-corrected chi connectivity index (χ1v) is 5.81. The van der Waals surface area contributed by atoms with E-state index in [0.29, 0.717) is 25.7 Å². The number of unbranched alkanes of at least 4 members (excludes halogenated alkanes) is 1. The van der Waals surface area contributed by atoms with Crippen molar-refractivity contribution in [3.05, 3.63) is 0 Å². The van der Waals surface area contributed by atoms with E-state index in [1.165, 1.54) is 7.11 Å². The molecule has 2 N–H and O–H groups in total. The van der Waals surface area contributed by atoms with Gasteiger partial charge in [-0.15, -0.1) is 0 Å². The van der Waals surface area contributed by atoms with Crippen LogP contribution >= 0.6 is 0 Å². The molecule has 0 rings (SSSR count). The summed E-state index contributed by atoms with van der Waals surface area (Å²) in [6.07, 6.45) is 2.25. The molecule has 17 heavy (non-hydrogen) atoms. The van der Waals surface area contributed by atoms with Gasteiger partial charge in [0.15, 0.2) is 0 Å². The topological polar surface area (TPSA) is 78.6 Å². The van der Waals surface area contributed by atoms with Gasteiger partial charge in [0.25, 0.3) is 0 Å². The van der Waals surface area contributed by atoms with Crippen LogP contribution in [0.5, 0.6) is 0 Å². The Hall–Kier alpha value is -1.10. The highest BCUT2D eigenvalue weighted by Crippen LogP contribution is 2.11. The number of nitrogens with two attached hydrogens (primary N) is 1. The van der Waals surface area contributed by atoms with Crippen LogP contribution in [0.1, 0.15) is 46.5 Å². The lowest BCUT2D eigenvalue weighted by atomic mass is 10.1. The number of ether oxygens (including phenoxy) is 2. The SMILES string of the molecule is COC(=O)C(N)CCCCC(=O)OC(C)(C)C. The monoisotopic (exact) mass is 245 g/mol. The molecule has 1 unspecified atom stereocenters. The average molecular weight is 245 g/mol. The highest BCUT2D eigenvalue weighted by atomic mass is 16.6. The fraction of sp³-hybridized carbons (Fsp3) is 0.833. The summed E-state index contributed by atoms with van der Waals surface area (Å²) in [6.45, 7) is 5.49. The molecule has 1 atom stereocenters. The van der Waals surface area contributed by atoms with Crippen LogP contribution in [-0.2, 0) is 19.1 Å². The van der Waals surface area contributed by atoms with E-state index in [0.717, 1.165) is 0 Å². The lowest BCUT2D eigenvalue weighted by Crippen LogP contribution is -2.31. The first kappa shape index (κ1) is 15.9. The van der Waals surface area contributed by atoms with E-state index >= 15 is 0 Å². The van der Waals surface area contributed by atoms with Crippen molar-refractivity contribution in [2.24, 2.45) is 5.73 Å². The Balaban J connectivity index is 3.65. The Labute approximate surface area is 103 Å². The number of esters is 2. The first-order valence-electron chi connectivity index (χ1n) is 5.81. The summed E-state index contributed by atoms with van der Waals surface area (Å²) in [5, 5.41) is 0. The molecule has 0 aliphatic carbocycles.